The zero-order valence-corrected chi connectivity index (χ0v) is 26.6. The number of nitrogens with zero attached hydrogens (tertiary/aromatic N) is 5. The van der Waals surface area contributed by atoms with Crippen LogP contribution in [0.5, 0.6) is 0 Å². The second kappa shape index (κ2) is 13.6. The van der Waals surface area contributed by atoms with E-state index in [4.69, 9.17) is 14.9 Å². The third-order valence-corrected chi connectivity index (χ3v) is 9.41. The third-order valence-electron chi connectivity index (χ3n) is 9.41. The topological polar surface area (TPSA) is 135 Å². The molecule has 1 saturated heterocycles. The number of anilines is 2. The molecule has 244 valence electrons. The number of ether oxygens (including phenoxy) is 1. The molecule has 2 atom stereocenters. The number of aromatic nitrogens is 3. The Balaban J connectivity index is 0.956. The van der Waals surface area contributed by atoms with E-state index in [2.05, 4.69) is 67.7 Å². The molecule has 2 aromatic carbocycles. The first-order chi connectivity index (χ1) is 22.9. The highest BCUT2D eigenvalue weighted by molar-refractivity contribution is 5.99. The van der Waals surface area contributed by atoms with Gasteiger partial charge in [-0.05, 0) is 54.2 Å². The van der Waals surface area contributed by atoms with Gasteiger partial charge < -0.3 is 30.2 Å². The Hall–Kier alpha value is -4.71. The van der Waals surface area contributed by atoms with E-state index in [1.807, 2.05) is 19.5 Å². The fraction of sp³-hybridized carbons (Fsp3) is 0.361. The van der Waals surface area contributed by atoms with Gasteiger partial charge in [0.2, 0.25) is 0 Å². The fourth-order valence-electron chi connectivity index (χ4n) is 6.71. The summed E-state index contributed by atoms with van der Waals surface area (Å²) < 4.78 is 14.0. The number of hydrogen-bond acceptors (Lipinski definition) is 9. The predicted molar refractivity (Wildman–Crippen MR) is 182 cm³/mol. The minimum absolute atomic E-state index is 0.0810. The first-order valence-corrected chi connectivity index (χ1v) is 16.3. The highest BCUT2D eigenvalue weighted by Crippen LogP contribution is 2.33. The van der Waals surface area contributed by atoms with Gasteiger partial charge in [0.1, 0.15) is 17.7 Å². The van der Waals surface area contributed by atoms with Crippen molar-refractivity contribution in [3.8, 4) is 22.3 Å². The largest absolute Gasteiger partial charge is 0.462 e. The number of aryl methyl sites for hydroxylation is 1. The summed E-state index contributed by atoms with van der Waals surface area (Å²) in [5.41, 5.74) is 13.4. The molecular formula is C36H41N7O4. The van der Waals surface area contributed by atoms with Gasteiger partial charge in [0, 0.05) is 68.7 Å². The molecule has 1 aliphatic heterocycles. The number of benzene rings is 2. The Morgan fingerprint density at radius 1 is 1.02 bits per heavy atom. The Morgan fingerprint density at radius 2 is 1.83 bits per heavy atom. The number of aliphatic hydroxyl groups excluding tert-OH is 1. The molecule has 11 heteroatoms. The van der Waals surface area contributed by atoms with Crippen LogP contribution in [-0.4, -0.2) is 82.2 Å². The van der Waals surface area contributed by atoms with Crippen LogP contribution in [0.25, 0.3) is 33.2 Å². The van der Waals surface area contributed by atoms with Gasteiger partial charge in [0.15, 0.2) is 0 Å². The Kier molecular flexibility index (Phi) is 8.92. The van der Waals surface area contributed by atoms with Gasteiger partial charge >= 0.3 is 0 Å². The molecule has 2 fully saturated rings. The number of amides is 1. The van der Waals surface area contributed by atoms with Gasteiger partial charge in [-0.3, -0.25) is 14.4 Å². The number of fused-ring (bicyclic) bond motifs is 1. The molecule has 3 aromatic heterocycles. The number of pyridine rings is 1. The molecule has 1 amide bonds. The summed E-state index contributed by atoms with van der Waals surface area (Å²) in [6, 6.07) is 16.5. The van der Waals surface area contributed by atoms with E-state index >= 15 is 0 Å². The van der Waals surface area contributed by atoms with Crippen molar-refractivity contribution in [1.82, 2.24) is 25.0 Å². The molecule has 4 heterocycles. The highest BCUT2D eigenvalue weighted by atomic mass is 16.5. The lowest BCUT2D eigenvalue weighted by Crippen LogP contribution is -2.47. The molecular weight excluding hydrogens is 594 g/mol. The van der Waals surface area contributed by atoms with Crippen LogP contribution in [0.15, 0.2) is 77.8 Å². The van der Waals surface area contributed by atoms with Gasteiger partial charge in [-0.25, -0.2) is 4.98 Å². The van der Waals surface area contributed by atoms with E-state index in [0.29, 0.717) is 12.2 Å². The summed E-state index contributed by atoms with van der Waals surface area (Å²) >= 11 is 0. The summed E-state index contributed by atoms with van der Waals surface area (Å²) in [7, 11) is 1.85. The maximum atomic E-state index is 13.3. The number of carbonyl (C=O) groups is 1. The van der Waals surface area contributed by atoms with E-state index in [0.717, 1.165) is 96.5 Å². The van der Waals surface area contributed by atoms with Gasteiger partial charge in [0.25, 0.3) is 5.91 Å². The summed E-state index contributed by atoms with van der Waals surface area (Å²) in [6.07, 6.45) is 9.77. The molecule has 47 heavy (non-hydrogen) atoms. The van der Waals surface area contributed by atoms with Crippen LogP contribution in [0, 0.1) is 0 Å². The second-order valence-electron chi connectivity index (χ2n) is 12.5. The van der Waals surface area contributed by atoms with Crippen molar-refractivity contribution in [2.75, 3.05) is 50.0 Å². The highest BCUT2D eigenvalue weighted by Gasteiger charge is 2.30. The van der Waals surface area contributed by atoms with Crippen LogP contribution in [-0.2, 0) is 18.4 Å². The van der Waals surface area contributed by atoms with Crippen molar-refractivity contribution >= 4 is 28.4 Å². The normalized spacial score (nSPS) is 18.6. The molecule has 0 unspecified atom stereocenters. The number of nitrogens with two attached hydrogens (primary N) is 1. The van der Waals surface area contributed by atoms with Gasteiger partial charge in [-0.1, -0.05) is 30.3 Å². The van der Waals surface area contributed by atoms with Crippen molar-refractivity contribution in [3.05, 3.63) is 84.5 Å². The number of nitrogens with one attached hydrogen (secondary N) is 1. The first-order valence-electron chi connectivity index (χ1n) is 16.3. The molecule has 4 N–H and O–H groups in total. The van der Waals surface area contributed by atoms with Crippen molar-refractivity contribution in [2.24, 2.45) is 7.05 Å². The molecule has 1 aliphatic carbocycles. The van der Waals surface area contributed by atoms with Gasteiger partial charge in [-0.2, -0.15) is 5.10 Å². The Bertz CT molecular complexity index is 1840. The maximum Gasteiger partial charge on any atom is 0.255 e. The Labute approximate surface area is 273 Å². The molecule has 11 nitrogen and oxygen atoms in total. The van der Waals surface area contributed by atoms with E-state index in [-0.39, 0.29) is 30.5 Å². The minimum atomic E-state index is -0.244. The summed E-state index contributed by atoms with van der Waals surface area (Å²) in [6.45, 7) is 5.10. The van der Waals surface area contributed by atoms with Crippen LogP contribution in [0.4, 0.5) is 11.5 Å². The number of piperazine rings is 1. The number of furan rings is 1. The second-order valence-corrected chi connectivity index (χ2v) is 12.5. The monoisotopic (exact) mass is 635 g/mol. The lowest BCUT2D eigenvalue weighted by Gasteiger charge is -2.35. The quantitative estimate of drug-likeness (QED) is 0.203. The predicted octanol–water partition coefficient (Wildman–Crippen LogP) is 4.46. The van der Waals surface area contributed by atoms with Crippen molar-refractivity contribution in [1.29, 1.82) is 0 Å². The maximum absolute atomic E-state index is 13.3. The third kappa shape index (κ3) is 6.73. The van der Waals surface area contributed by atoms with Crippen LogP contribution in [0.1, 0.15) is 35.2 Å². The molecule has 5 aromatic rings. The Morgan fingerprint density at radius 3 is 2.60 bits per heavy atom. The van der Waals surface area contributed by atoms with Crippen LogP contribution >= 0.6 is 0 Å². The van der Waals surface area contributed by atoms with E-state index in [1.54, 1.807) is 23.1 Å². The average Bonchev–Trinajstić information content (AvgIpc) is 3.84. The number of carbonyl (C=O) groups excluding carboxylic acids is 1. The van der Waals surface area contributed by atoms with Gasteiger partial charge in [-0.15, -0.1) is 0 Å². The van der Waals surface area contributed by atoms with Crippen LogP contribution in [0.3, 0.4) is 0 Å². The molecule has 2 aliphatic rings. The minimum Gasteiger partial charge on any atom is -0.462 e. The number of aliphatic hydroxyl groups is 1. The van der Waals surface area contributed by atoms with Crippen LogP contribution in [0.2, 0.25) is 0 Å². The number of hydrogen-bond donors (Lipinski definition) is 3. The SMILES string of the molecule is Cn1cc(-c2cnc(N)c(C(=O)N[C@H]3CCC[C@@H]3OCc3ccc(-c4ccc5c(N6CCN(CCO)CC6)coc5c4)cc3)c2)cn1. The zero-order valence-electron chi connectivity index (χ0n) is 26.6. The summed E-state index contributed by atoms with van der Waals surface area (Å²) in [4.78, 5) is 22.2. The lowest BCUT2D eigenvalue weighted by molar-refractivity contribution is 0.0272. The zero-order chi connectivity index (χ0) is 32.3. The van der Waals surface area contributed by atoms with Crippen molar-refractivity contribution < 1.29 is 19.1 Å². The standard InChI is InChI=1S/C36H41N7O4/c1-41-21-28(20-39-41)27-17-30(35(37)38-19-27)36(45)40-31-3-2-4-33(31)46-22-24-5-7-25(8-6-24)26-9-10-29-32(23-47-34(29)18-26)43-13-11-42(12-14-43)15-16-44/h5-10,17-21,23,31,33,44H,2-4,11-16,22H2,1H3,(H2,37,38)(H,40,45)/t31-,33-/m0/s1. The van der Waals surface area contributed by atoms with Gasteiger partial charge in [0.05, 0.1) is 42.8 Å². The van der Waals surface area contributed by atoms with Crippen molar-refractivity contribution in [3.63, 3.8) is 0 Å². The summed E-state index contributed by atoms with van der Waals surface area (Å²) in [5, 5.41) is 17.7. The fourth-order valence-corrected chi connectivity index (χ4v) is 6.71. The average molecular weight is 636 g/mol. The molecule has 0 spiro atoms. The van der Waals surface area contributed by atoms with E-state index in [9.17, 15) is 9.90 Å². The molecule has 0 radical (unpaired) electrons. The molecule has 1 saturated carbocycles. The number of rotatable bonds is 10. The van der Waals surface area contributed by atoms with Crippen molar-refractivity contribution in [2.45, 2.75) is 38.0 Å². The van der Waals surface area contributed by atoms with E-state index < -0.39 is 0 Å². The molecule has 0 bridgehead atoms. The molecule has 7 rings (SSSR count). The lowest BCUT2D eigenvalue weighted by atomic mass is 10.0. The van der Waals surface area contributed by atoms with Crippen LogP contribution < -0.4 is 16.0 Å². The first kappa shape index (κ1) is 30.9. The van der Waals surface area contributed by atoms with E-state index in [1.165, 1.54) is 0 Å². The number of nitrogen functional groups attached to an aromatic ring is 1. The number of β-amino-alcohol motifs (C(OH)–C–C–N with tert-alkyl or cyclic N) is 1. The smallest absolute Gasteiger partial charge is 0.255 e. The summed E-state index contributed by atoms with van der Waals surface area (Å²) in [5.74, 6) is -0.0439.